The molecule has 0 fully saturated rings. The minimum Gasteiger partial charge on any atom is -0.310 e. The number of benzene rings is 6. The molecule has 0 radical (unpaired) electrons. The van der Waals surface area contributed by atoms with Crippen molar-refractivity contribution >= 4 is 17.1 Å². The van der Waals surface area contributed by atoms with Crippen molar-refractivity contribution in [1.82, 2.24) is 0 Å². The van der Waals surface area contributed by atoms with Crippen LogP contribution in [0.15, 0.2) is 152 Å². The van der Waals surface area contributed by atoms with Gasteiger partial charge >= 0.3 is 0 Å². The van der Waals surface area contributed by atoms with Crippen LogP contribution in [0.1, 0.15) is 25.0 Å². The minimum atomic E-state index is -0.123. The molecule has 1 aliphatic carbocycles. The summed E-state index contributed by atoms with van der Waals surface area (Å²) in [5.74, 6) is 0. The molecular weight excluding hydrogens is 482 g/mol. The van der Waals surface area contributed by atoms with Gasteiger partial charge in [0, 0.05) is 16.8 Å². The van der Waals surface area contributed by atoms with Gasteiger partial charge in [-0.05, 0) is 74.8 Å². The normalized spacial score (nSPS) is 12.9. The SMILES string of the molecule is CC1(C)c2ccccc2-c2cccc(N(c3ccc(-c4ccccc4)cc3)c3cccc(-c4ccccc4)c3)c21. The van der Waals surface area contributed by atoms with E-state index in [2.05, 4.69) is 170 Å². The summed E-state index contributed by atoms with van der Waals surface area (Å²) < 4.78 is 0. The van der Waals surface area contributed by atoms with E-state index in [4.69, 9.17) is 0 Å². The number of hydrogen-bond acceptors (Lipinski definition) is 1. The fourth-order valence-corrected chi connectivity index (χ4v) is 6.32. The number of nitrogens with zero attached hydrogens (tertiary/aromatic N) is 1. The van der Waals surface area contributed by atoms with Crippen LogP contribution in [0, 0.1) is 0 Å². The van der Waals surface area contributed by atoms with Crippen molar-refractivity contribution in [3.05, 3.63) is 163 Å². The maximum Gasteiger partial charge on any atom is 0.0508 e. The van der Waals surface area contributed by atoms with Crippen LogP contribution in [-0.2, 0) is 5.41 Å². The highest BCUT2D eigenvalue weighted by Crippen LogP contribution is 2.54. The lowest BCUT2D eigenvalue weighted by Gasteiger charge is -2.32. The van der Waals surface area contributed by atoms with Crippen LogP contribution in [0.5, 0.6) is 0 Å². The van der Waals surface area contributed by atoms with E-state index in [1.54, 1.807) is 0 Å². The molecule has 0 spiro atoms. The molecule has 0 saturated heterocycles. The molecule has 0 amide bonds. The second-order valence-corrected chi connectivity index (χ2v) is 11.0. The van der Waals surface area contributed by atoms with Crippen LogP contribution in [0.2, 0.25) is 0 Å². The molecule has 0 saturated carbocycles. The van der Waals surface area contributed by atoms with Gasteiger partial charge in [-0.3, -0.25) is 0 Å². The molecule has 6 aromatic carbocycles. The summed E-state index contributed by atoms with van der Waals surface area (Å²) >= 11 is 0. The first-order chi connectivity index (χ1) is 19.6. The molecule has 7 rings (SSSR count). The number of anilines is 3. The van der Waals surface area contributed by atoms with Crippen molar-refractivity contribution < 1.29 is 0 Å². The third kappa shape index (κ3) is 4.03. The van der Waals surface area contributed by atoms with E-state index in [0.717, 1.165) is 11.4 Å². The first kappa shape index (κ1) is 24.2. The first-order valence-electron chi connectivity index (χ1n) is 14.0. The average Bonchev–Trinajstić information content (AvgIpc) is 3.26. The maximum absolute atomic E-state index is 2.44. The highest BCUT2D eigenvalue weighted by molar-refractivity contribution is 5.91. The molecule has 0 N–H and O–H groups in total. The third-order valence-corrected chi connectivity index (χ3v) is 8.24. The smallest absolute Gasteiger partial charge is 0.0508 e. The van der Waals surface area contributed by atoms with E-state index < -0.39 is 0 Å². The molecule has 0 bridgehead atoms. The average molecular weight is 514 g/mol. The molecule has 0 unspecified atom stereocenters. The zero-order valence-electron chi connectivity index (χ0n) is 22.9. The molecule has 192 valence electrons. The Morgan fingerprint density at radius 1 is 0.425 bits per heavy atom. The Kier molecular flexibility index (Phi) is 5.86. The van der Waals surface area contributed by atoms with E-state index in [1.807, 2.05) is 0 Å². The van der Waals surface area contributed by atoms with Gasteiger partial charge in [-0.15, -0.1) is 0 Å². The van der Waals surface area contributed by atoms with Crippen LogP contribution in [0.25, 0.3) is 33.4 Å². The molecule has 1 nitrogen and oxygen atoms in total. The lowest BCUT2D eigenvalue weighted by molar-refractivity contribution is 0.661. The largest absolute Gasteiger partial charge is 0.310 e. The van der Waals surface area contributed by atoms with E-state index in [0.29, 0.717) is 0 Å². The van der Waals surface area contributed by atoms with Crippen molar-refractivity contribution in [2.45, 2.75) is 19.3 Å². The van der Waals surface area contributed by atoms with Gasteiger partial charge in [0.15, 0.2) is 0 Å². The van der Waals surface area contributed by atoms with E-state index >= 15 is 0 Å². The molecule has 0 atom stereocenters. The molecule has 1 heteroatoms. The van der Waals surface area contributed by atoms with Gasteiger partial charge in [0.25, 0.3) is 0 Å². The molecule has 6 aromatic rings. The summed E-state index contributed by atoms with van der Waals surface area (Å²) in [6, 6.07) is 54.8. The fourth-order valence-electron chi connectivity index (χ4n) is 6.32. The monoisotopic (exact) mass is 513 g/mol. The fraction of sp³-hybridized carbons (Fsp3) is 0.0769. The molecule has 1 aliphatic rings. The van der Waals surface area contributed by atoms with Gasteiger partial charge < -0.3 is 4.90 Å². The topological polar surface area (TPSA) is 3.24 Å². The van der Waals surface area contributed by atoms with Crippen molar-refractivity contribution in [2.24, 2.45) is 0 Å². The van der Waals surface area contributed by atoms with Gasteiger partial charge in [0.1, 0.15) is 0 Å². The van der Waals surface area contributed by atoms with Crippen molar-refractivity contribution in [3.8, 4) is 33.4 Å². The number of hydrogen-bond donors (Lipinski definition) is 0. The maximum atomic E-state index is 2.44. The van der Waals surface area contributed by atoms with Crippen molar-refractivity contribution in [2.75, 3.05) is 4.90 Å². The highest BCUT2D eigenvalue weighted by atomic mass is 15.1. The molecule has 0 aromatic heterocycles. The zero-order chi connectivity index (χ0) is 27.1. The Balaban J connectivity index is 1.43. The Labute approximate surface area is 237 Å². The summed E-state index contributed by atoms with van der Waals surface area (Å²) in [5, 5.41) is 0. The van der Waals surface area contributed by atoms with Crippen LogP contribution >= 0.6 is 0 Å². The first-order valence-corrected chi connectivity index (χ1v) is 14.0. The summed E-state index contributed by atoms with van der Waals surface area (Å²) in [6.07, 6.45) is 0. The predicted molar refractivity (Wildman–Crippen MR) is 170 cm³/mol. The molecule has 0 aliphatic heterocycles. The van der Waals surface area contributed by atoms with Crippen LogP contribution in [0.3, 0.4) is 0 Å². The predicted octanol–water partition coefficient (Wildman–Crippen LogP) is 10.8. The molecule has 40 heavy (non-hydrogen) atoms. The van der Waals surface area contributed by atoms with Gasteiger partial charge in [0.05, 0.1) is 5.69 Å². The Hall–Kier alpha value is -4.88. The third-order valence-electron chi connectivity index (χ3n) is 8.24. The lowest BCUT2D eigenvalue weighted by atomic mass is 9.81. The van der Waals surface area contributed by atoms with E-state index in [9.17, 15) is 0 Å². The molecule has 0 heterocycles. The van der Waals surface area contributed by atoms with Crippen LogP contribution in [0.4, 0.5) is 17.1 Å². The van der Waals surface area contributed by atoms with Crippen LogP contribution < -0.4 is 4.90 Å². The van der Waals surface area contributed by atoms with Crippen molar-refractivity contribution in [1.29, 1.82) is 0 Å². The standard InChI is InChI=1S/C39H31N/c1-39(2)36-21-10-9-19-34(36)35-20-12-22-37(38(35)39)40(32-25-23-30(24-26-32)28-13-5-3-6-14-28)33-18-11-17-31(27-33)29-15-7-4-8-16-29/h3-27H,1-2H3. The summed E-state index contributed by atoms with van der Waals surface area (Å²) in [6.45, 7) is 4.72. The molecular formula is C39H31N. The van der Waals surface area contributed by atoms with Crippen molar-refractivity contribution in [3.63, 3.8) is 0 Å². The van der Waals surface area contributed by atoms with E-state index in [-0.39, 0.29) is 5.41 Å². The second-order valence-electron chi connectivity index (χ2n) is 11.0. The lowest BCUT2D eigenvalue weighted by Crippen LogP contribution is -2.20. The summed E-state index contributed by atoms with van der Waals surface area (Å²) in [4.78, 5) is 2.44. The zero-order valence-corrected chi connectivity index (χ0v) is 22.9. The van der Waals surface area contributed by atoms with Crippen LogP contribution in [-0.4, -0.2) is 0 Å². The summed E-state index contributed by atoms with van der Waals surface area (Å²) in [5.41, 5.74) is 13.7. The Bertz CT molecular complexity index is 1800. The van der Waals surface area contributed by atoms with E-state index in [1.165, 1.54) is 50.2 Å². The second kappa shape index (κ2) is 9.70. The Morgan fingerprint density at radius 2 is 0.975 bits per heavy atom. The van der Waals surface area contributed by atoms with Gasteiger partial charge in [-0.25, -0.2) is 0 Å². The quantitative estimate of drug-likeness (QED) is 0.222. The van der Waals surface area contributed by atoms with Gasteiger partial charge in [-0.2, -0.15) is 0 Å². The number of fused-ring (bicyclic) bond motifs is 3. The number of rotatable bonds is 5. The highest BCUT2D eigenvalue weighted by Gasteiger charge is 2.38. The minimum absolute atomic E-state index is 0.123. The Morgan fingerprint density at radius 3 is 1.70 bits per heavy atom. The summed E-state index contributed by atoms with van der Waals surface area (Å²) in [7, 11) is 0. The van der Waals surface area contributed by atoms with Gasteiger partial charge in [-0.1, -0.05) is 135 Å². The van der Waals surface area contributed by atoms with Gasteiger partial charge in [0.2, 0.25) is 0 Å².